The van der Waals surface area contributed by atoms with Crippen LogP contribution in [0.3, 0.4) is 0 Å². The Bertz CT molecular complexity index is 756. The molecule has 1 amide bonds. The minimum absolute atomic E-state index is 0.0131. The number of carbonyl (C=O) groups is 1. The summed E-state index contributed by atoms with van der Waals surface area (Å²) < 4.78 is 5.41. The average Bonchev–Trinajstić information content (AvgIpc) is 3.03. The monoisotopic (exact) mass is 283 g/mol. The van der Waals surface area contributed by atoms with Crippen molar-refractivity contribution in [3.05, 3.63) is 53.1 Å². The second-order valence-electron chi connectivity index (χ2n) is 5.26. The number of rotatable bonds is 1. The van der Waals surface area contributed by atoms with Crippen molar-refractivity contribution in [1.82, 2.24) is 0 Å². The van der Waals surface area contributed by atoms with Crippen molar-refractivity contribution in [1.29, 1.82) is 0 Å². The van der Waals surface area contributed by atoms with E-state index in [0.29, 0.717) is 34.2 Å². The lowest BCUT2D eigenvalue weighted by Crippen LogP contribution is -2.25. The van der Waals surface area contributed by atoms with Crippen LogP contribution in [0.5, 0.6) is 11.5 Å². The van der Waals surface area contributed by atoms with Gasteiger partial charge >= 0.3 is 0 Å². The summed E-state index contributed by atoms with van der Waals surface area (Å²) in [6.07, 6.45) is 0.758. The number of aromatic hydroxyl groups is 1. The molecule has 2 N–H and O–H groups in total. The molecule has 5 heteroatoms. The quantitative estimate of drug-likeness (QED) is 0.787. The first-order valence-corrected chi connectivity index (χ1v) is 6.77. The minimum Gasteiger partial charge on any atom is -0.507 e. The van der Waals surface area contributed by atoms with Gasteiger partial charge in [0.05, 0.1) is 18.2 Å². The van der Waals surface area contributed by atoms with Crippen LogP contribution in [0.15, 0.2) is 36.4 Å². The second kappa shape index (κ2) is 4.23. The van der Waals surface area contributed by atoms with Gasteiger partial charge in [-0.25, -0.2) is 0 Å². The number of amides is 1. The zero-order chi connectivity index (χ0) is 14.6. The van der Waals surface area contributed by atoms with Crippen LogP contribution >= 0.6 is 0 Å². The molecule has 0 fully saturated rings. The fourth-order valence-corrected chi connectivity index (χ4v) is 3.06. The summed E-state index contributed by atoms with van der Waals surface area (Å²) in [7, 11) is 0. The fourth-order valence-electron chi connectivity index (χ4n) is 3.06. The molecular formula is C16H13NO4. The van der Waals surface area contributed by atoms with Crippen molar-refractivity contribution in [2.75, 3.05) is 11.7 Å². The van der Waals surface area contributed by atoms with E-state index in [1.807, 2.05) is 6.07 Å². The van der Waals surface area contributed by atoms with E-state index in [4.69, 9.17) is 4.74 Å². The smallest absolute Gasteiger partial charge is 0.262 e. The largest absolute Gasteiger partial charge is 0.507 e. The van der Waals surface area contributed by atoms with Gasteiger partial charge < -0.3 is 9.84 Å². The van der Waals surface area contributed by atoms with E-state index in [0.717, 1.165) is 12.0 Å². The van der Waals surface area contributed by atoms with Gasteiger partial charge in [-0.1, -0.05) is 18.2 Å². The Hall–Kier alpha value is -2.53. The second-order valence-corrected chi connectivity index (χ2v) is 5.26. The lowest BCUT2D eigenvalue weighted by molar-refractivity contribution is -0.123. The van der Waals surface area contributed by atoms with E-state index in [1.54, 1.807) is 30.3 Å². The maximum absolute atomic E-state index is 12.3. The molecule has 0 saturated heterocycles. The SMILES string of the molecule is O=C1C(c2cc3c(cc2O)OCC3)c2ccccc2N1O. The Balaban J connectivity index is 1.89. The predicted octanol–water partition coefficient (Wildman–Crippen LogP) is 2.19. The summed E-state index contributed by atoms with van der Waals surface area (Å²) in [6.45, 7) is 0.583. The molecule has 2 heterocycles. The molecule has 0 spiro atoms. The van der Waals surface area contributed by atoms with Crippen molar-refractivity contribution in [3.8, 4) is 11.5 Å². The summed E-state index contributed by atoms with van der Waals surface area (Å²) in [6, 6.07) is 10.4. The van der Waals surface area contributed by atoms with E-state index >= 15 is 0 Å². The summed E-state index contributed by atoms with van der Waals surface area (Å²) in [5, 5.41) is 20.8. The summed E-state index contributed by atoms with van der Waals surface area (Å²) in [5.41, 5.74) is 2.64. The summed E-state index contributed by atoms with van der Waals surface area (Å²) in [5.74, 6) is -0.461. The highest BCUT2D eigenvalue weighted by atomic mass is 16.5. The zero-order valence-corrected chi connectivity index (χ0v) is 11.1. The first kappa shape index (κ1) is 12.2. The van der Waals surface area contributed by atoms with E-state index in [9.17, 15) is 15.1 Å². The number of hydroxylamine groups is 1. The highest BCUT2D eigenvalue weighted by Gasteiger charge is 2.39. The van der Waals surface area contributed by atoms with Crippen LogP contribution in [-0.4, -0.2) is 22.8 Å². The number of nitrogens with zero attached hydrogens (tertiary/aromatic N) is 1. The number of fused-ring (bicyclic) bond motifs is 2. The van der Waals surface area contributed by atoms with Gasteiger partial charge in [0.15, 0.2) is 0 Å². The number of phenols is 1. The number of hydrogen-bond donors (Lipinski definition) is 2. The van der Waals surface area contributed by atoms with Crippen LogP contribution < -0.4 is 9.80 Å². The maximum atomic E-state index is 12.3. The molecule has 2 aromatic rings. The molecule has 0 bridgehead atoms. The number of phenolic OH excluding ortho intramolecular Hbond substituents is 1. The Morgan fingerprint density at radius 1 is 1.19 bits per heavy atom. The molecule has 4 rings (SSSR count). The molecule has 2 aliphatic rings. The van der Waals surface area contributed by atoms with Gasteiger partial charge in [-0.05, 0) is 23.3 Å². The first-order chi connectivity index (χ1) is 10.2. The van der Waals surface area contributed by atoms with Gasteiger partial charge in [0.1, 0.15) is 11.5 Å². The van der Waals surface area contributed by atoms with Crippen LogP contribution in [0.1, 0.15) is 22.6 Å². The normalized spacial score (nSPS) is 19.4. The molecule has 0 aromatic heterocycles. The number of hydrogen-bond acceptors (Lipinski definition) is 4. The van der Waals surface area contributed by atoms with Crippen molar-refractivity contribution in [2.24, 2.45) is 0 Å². The molecule has 21 heavy (non-hydrogen) atoms. The highest BCUT2D eigenvalue weighted by Crippen LogP contribution is 2.45. The third kappa shape index (κ3) is 1.64. The molecule has 2 aromatic carbocycles. The van der Waals surface area contributed by atoms with E-state index < -0.39 is 11.8 Å². The third-order valence-electron chi connectivity index (χ3n) is 4.08. The predicted molar refractivity (Wildman–Crippen MR) is 74.9 cm³/mol. The number of anilines is 1. The van der Waals surface area contributed by atoms with Gasteiger partial charge in [-0.3, -0.25) is 10.0 Å². The fraction of sp³-hybridized carbons (Fsp3) is 0.188. The lowest BCUT2D eigenvalue weighted by Gasteiger charge is -2.13. The summed E-state index contributed by atoms with van der Waals surface area (Å²) in [4.78, 5) is 12.3. The Morgan fingerprint density at radius 3 is 2.86 bits per heavy atom. The Kier molecular flexibility index (Phi) is 2.46. The maximum Gasteiger partial charge on any atom is 0.262 e. The zero-order valence-electron chi connectivity index (χ0n) is 11.1. The molecule has 0 saturated carbocycles. The average molecular weight is 283 g/mol. The Labute approximate surface area is 121 Å². The molecule has 106 valence electrons. The molecule has 2 aliphatic heterocycles. The van der Waals surface area contributed by atoms with Crippen LogP contribution in [0, 0.1) is 0 Å². The van der Waals surface area contributed by atoms with Gasteiger partial charge in [0.25, 0.3) is 5.91 Å². The van der Waals surface area contributed by atoms with E-state index in [2.05, 4.69) is 0 Å². The molecule has 0 radical (unpaired) electrons. The van der Waals surface area contributed by atoms with Gasteiger partial charge in [-0.2, -0.15) is 5.06 Å². The molecule has 5 nitrogen and oxygen atoms in total. The topological polar surface area (TPSA) is 70.0 Å². The number of benzene rings is 2. The third-order valence-corrected chi connectivity index (χ3v) is 4.08. The van der Waals surface area contributed by atoms with Gasteiger partial charge in [0.2, 0.25) is 0 Å². The van der Waals surface area contributed by atoms with Crippen LogP contribution in [0.25, 0.3) is 0 Å². The highest BCUT2D eigenvalue weighted by molar-refractivity contribution is 6.05. The van der Waals surface area contributed by atoms with Gasteiger partial charge in [0, 0.05) is 18.1 Å². The molecule has 1 atom stereocenters. The molecular weight excluding hydrogens is 270 g/mol. The number of para-hydroxylation sites is 1. The number of ether oxygens (including phenoxy) is 1. The first-order valence-electron chi connectivity index (χ1n) is 6.77. The summed E-state index contributed by atoms with van der Waals surface area (Å²) >= 11 is 0. The van der Waals surface area contributed by atoms with Crippen molar-refractivity contribution < 1.29 is 19.8 Å². The van der Waals surface area contributed by atoms with Crippen LogP contribution in [0.2, 0.25) is 0 Å². The van der Waals surface area contributed by atoms with Crippen LogP contribution in [-0.2, 0) is 11.2 Å². The molecule has 0 aliphatic carbocycles. The lowest BCUT2D eigenvalue weighted by atomic mass is 9.90. The molecule has 1 unspecified atom stereocenters. The minimum atomic E-state index is -0.683. The van der Waals surface area contributed by atoms with Gasteiger partial charge in [-0.15, -0.1) is 0 Å². The van der Waals surface area contributed by atoms with Crippen LogP contribution in [0.4, 0.5) is 5.69 Å². The number of carbonyl (C=O) groups excluding carboxylic acids is 1. The van der Waals surface area contributed by atoms with E-state index in [-0.39, 0.29) is 5.75 Å². The van der Waals surface area contributed by atoms with Crippen molar-refractivity contribution >= 4 is 11.6 Å². The van der Waals surface area contributed by atoms with E-state index in [1.165, 1.54) is 0 Å². The standard InChI is InChI=1S/C16H13NO4/c18-13-8-14-9(5-6-21-14)7-11(13)15-10-3-1-2-4-12(10)17(20)16(15)19/h1-4,7-8,15,18,20H,5-6H2. The van der Waals surface area contributed by atoms with Crippen molar-refractivity contribution in [2.45, 2.75) is 12.3 Å². The Morgan fingerprint density at radius 2 is 2.00 bits per heavy atom. The van der Waals surface area contributed by atoms with Crippen molar-refractivity contribution in [3.63, 3.8) is 0 Å².